The van der Waals surface area contributed by atoms with Gasteiger partial charge in [0.1, 0.15) is 24.1 Å². The van der Waals surface area contributed by atoms with E-state index in [1.54, 1.807) is 35.3 Å². The number of piperazine rings is 1. The van der Waals surface area contributed by atoms with Gasteiger partial charge in [-0.15, -0.1) is 6.58 Å². The minimum atomic E-state index is -0.333. The number of ether oxygens (including phenoxy) is 2. The summed E-state index contributed by atoms with van der Waals surface area (Å²) in [5, 5.41) is 9.83. The Morgan fingerprint density at radius 1 is 1.08 bits per heavy atom. The Labute approximate surface area is 222 Å². The fourth-order valence-electron chi connectivity index (χ4n) is 4.46. The number of hydrogen-bond donors (Lipinski definition) is 0. The van der Waals surface area contributed by atoms with Gasteiger partial charge in [0.15, 0.2) is 11.5 Å². The summed E-state index contributed by atoms with van der Waals surface area (Å²) in [7, 11) is 1.53. The molecule has 0 unspecified atom stereocenters. The van der Waals surface area contributed by atoms with Crippen LogP contribution in [0.2, 0.25) is 0 Å². The van der Waals surface area contributed by atoms with E-state index in [0.29, 0.717) is 55.2 Å². The lowest BCUT2D eigenvalue weighted by molar-refractivity contribution is -0.126. The second kappa shape index (κ2) is 12.6. The highest BCUT2D eigenvalue weighted by Gasteiger charge is 2.24. The van der Waals surface area contributed by atoms with Crippen molar-refractivity contribution in [3.63, 3.8) is 0 Å². The molecule has 7 heteroatoms. The first kappa shape index (κ1) is 26.5. The van der Waals surface area contributed by atoms with E-state index >= 15 is 0 Å². The minimum absolute atomic E-state index is 0.0539. The number of halogens is 1. The molecular formula is C31H30FN3O3. The summed E-state index contributed by atoms with van der Waals surface area (Å²) < 4.78 is 25.2. The van der Waals surface area contributed by atoms with Gasteiger partial charge in [-0.25, -0.2) is 4.39 Å². The summed E-state index contributed by atoms with van der Waals surface area (Å²) in [5.74, 6) is 0.333. The van der Waals surface area contributed by atoms with E-state index in [0.717, 1.165) is 11.3 Å². The quantitative estimate of drug-likeness (QED) is 0.219. The van der Waals surface area contributed by atoms with Crippen LogP contribution in [-0.2, 0) is 17.8 Å². The second-order valence-electron chi connectivity index (χ2n) is 8.91. The smallest absolute Gasteiger partial charge is 0.264 e. The predicted octanol–water partition coefficient (Wildman–Crippen LogP) is 5.40. The average molecular weight is 512 g/mol. The topological polar surface area (TPSA) is 65.8 Å². The second-order valence-corrected chi connectivity index (χ2v) is 8.91. The lowest BCUT2D eigenvalue weighted by Crippen LogP contribution is -2.49. The Morgan fingerprint density at radius 3 is 2.50 bits per heavy atom. The van der Waals surface area contributed by atoms with E-state index in [-0.39, 0.29) is 23.9 Å². The molecule has 1 amide bonds. The molecule has 0 radical (unpaired) electrons. The Morgan fingerprint density at radius 2 is 1.84 bits per heavy atom. The Balaban J connectivity index is 1.52. The molecular weight excluding hydrogens is 481 g/mol. The van der Waals surface area contributed by atoms with E-state index in [2.05, 4.69) is 29.7 Å². The number of allylic oxidation sites excluding steroid dienone is 1. The van der Waals surface area contributed by atoms with Crippen LogP contribution in [0, 0.1) is 17.1 Å². The van der Waals surface area contributed by atoms with E-state index < -0.39 is 0 Å². The molecule has 3 aromatic carbocycles. The molecule has 38 heavy (non-hydrogen) atoms. The first-order valence-electron chi connectivity index (χ1n) is 12.4. The summed E-state index contributed by atoms with van der Waals surface area (Å²) in [5.41, 5.74) is 3.29. The molecule has 0 aliphatic carbocycles. The molecule has 4 rings (SSSR count). The summed E-state index contributed by atoms with van der Waals surface area (Å²) in [6.45, 7) is 6.45. The van der Waals surface area contributed by atoms with Crippen molar-refractivity contribution in [2.24, 2.45) is 0 Å². The molecule has 0 saturated carbocycles. The van der Waals surface area contributed by atoms with E-state index in [1.807, 2.05) is 24.3 Å². The van der Waals surface area contributed by atoms with Crippen LogP contribution < -0.4 is 14.4 Å². The van der Waals surface area contributed by atoms with Crippen LogP contribution in [0.15, 0.2) is 85.0 Å². The number of hydrogen-bond acceptors (Lipinski definition) is 5. The van der Waals surface area contributed by atoms with Gasteiger partial charge in [0.2, 0.25) is 0 Å². The lowest BCUT2D eigenvalue weighted by Gasteiger charge is -2.36. The highest BCUT2D eigenvalue weighted by atomic mass is 19.1. The van der Waals surface area contributed by atoms with E-state index in [9.17, 15) is 14.4 Å². The Bertz CT molecular complexity index is 1360. The van der Waals surface area contributed by atoms with Gasteiger partial charge in [-0.2, -0.15) is 5.26 Å². The number of amides is 1. The number of benzene rings is 3. The molecule has 0 atom stereocenters. The number of carbonyl (C=O) groups is 1. The summed E-state index contributed by atoms with van der Waals surface area (Å²) >= 11 is 0. The Hall–Kier alpha value is -4.57. The van der Waals surface area contributed by atoms with Crippen LogP contribution in [0.4, 0.5) is 10.1 Å². The van der Waals surface area contributed by atoms with Crippen LogP contribution in [0.1, 0.15) is 16.7 Å². The standard InChI is InChI=1S/C31H30FN3O3/c1-3-8-25-17-24(20-29(37-2)30(25)38-22-23-9-7-10-27(32)19-23)18-26(21-33)31(36)35-15-13-34(14-16-35)28-11-5-4-6-12-28/h3-7,9-12,17-20H,1,8,13-16,22H2,2H3/b26-18-. The molecule has 194 valence electrons. The summed E-state index contributed by atoms with van der Waals surface area (Å²) in [6, 6.07) is 21.9. The van der Waals surface area contributed by atoms with Crippen LogP contribution >= 0.6 is 0 Å². The number of rotatable bonds is 9. The van der Waals surface area contributed by atoms with Crippen LogP contribution in [0.25, 0.3) is 6.08 Å². The molecule has 1 heterocycles. The van der Waals surface area contributed by atoms with Crippen LogP contribution in [-0.4, -0.2) is 44.1 Å². The summed E-state index contributed by atoms with van der Waals surface area (Å²) in [6.07, 6.45) is 3.80. The van der Waals surface area contributed by atoms with Gasteiger partial charge in [-0.05, 0) is 60.0 Å². The molecule has 3 aromatic rings. The fraction of sp³-hybridized carbons (Fsp3) is 0.226. The molecule has 0 N–H and O–H groups in total. The van der Waals surface area contributed by atoms with Gasteiger partial charge in [-0.1, -0.05) is 36.4 Å². The molecule has 6 nitrogen and oxygen atoms in total. The molecule has 0 bridgehead atoms. The zero-order valence-corrected chi connectivity index (χ0v) is 21.4. The molecule has 1 aliphatic rings. The van der Waals surface area contributed by atoms with Gasteiger partial charge in [0.25, 0.3) is 5.91 Å². The molecule has 0 aromatic heterocycles. The van der Waals surface area contributed by atoms with Crippen molar-refractivity contribution in [2.45, 2.75) is 13.0 Å². The van der Waals surface area contributed by atoms with Crippen LogP contribution in [0.3, 0.4) is 0 Å². The highest BCUT2D eigenvalue weighted by molar-refractivity contribution is 6.02. The molecule has 1 aliphatic heterocycles. The first-order valence-corrected chi connectivity index (χ1v) is 12.4. The van der Waals surface area contributed by atoms with Gasteiger partial charge in [-0.3, -0.25) is 4.79 Å². The zero-order chi connectivity index (χ0) is 26.9. The third-order valence-electron chi connectivity index (χ3n) is 6.36. The van der Waals surface area contributed by atoms with Gasteiger partial charge >= 0.3 is 0 Å². The fourth-order valence-corrected chi connectivity index (χ4v) is 4.46. The molecule has 0 spiro atoms. The van der Waals surface area contributed by atoms with Crippen LogP contribution in [0.5, 0.6) is 11.5 Å². The van der Waals surface area contributed by atoms with E-state index in [1.165, 1.54) is 19.2 Å². The van der Waals surface area contributed by atoms with Crippen molar-refractivity contribution in [3.8, 4) is 17.6 Å². The third-order valence-corrected chi connectivity index (χ3v) is 6.36. The number of nitriles is 1. The first-order chi connectivity index (χ1) is 18.5. The zero-order valence-electron chi connectivity index (χ0n) is 21.4. The summed E-state index contributed by atoms with van der Waals surface area (Å²) in [4.78, 5) is 17.2. The predicted molar refractivity (Wildman–Crippen MR) is 146 cm³/mol. The van der Waals surface area contributed by atoms with Crippen molar-refractivity contribution < 1.29 is 18.7 Å². The van der Waals surface area contributed by atoms with Crippen molar-refractivity contribution in [1.29, 1.82) is 5.26 Å². The third kappa shape index (κ3) is 6.40. The van der Waals surface area contributed by atoms with Gasteiger partial charge in [0, 0.05) is 37.4 Å². The van der Waals surface area contributed by atoms with Gasteiger partial charge < -0.3 is 19.3 Å². The van der Waals surface area contributed by atoms with E-state index in [4.69, 9.17) is 9.47 Å². The molecule has 1 fully saturated rings. The molecule has 1 saturated heterocycles. The van der Waals surface area contributed by atoms with Gasteiger partial charge in [0.05, 0.1) is 7.11 Å². The van der Waals surface area contributed by atoms with Crippen molar-refractivity contribution in [2.75, 3.05) is 38.2 Å². The SMILES string of the molecule is C=CCc1cc(/C=C(/C#N)C(=O)N2CCN(c3ccccc3)CC2)cc(OC)c1OCc1cccc(F)c1. The number of methoxy groups -OCH3 is 1. The number of carbonyl (C=O) groups excluding carboxylic acids is 1. The number of para-hydroxylation sites is 1. The van der Waals surface area contributed by atoms with Crippen molar-refractivity contribution in [3.05, 3.63) is 107 Å². The minimum Gasteiger partial charge on any atom is -0.493 e. The number of anilines is 1. The highest BCUT2D eigenvalue weighted by Crippen LogP contribution is 2.35. The number of nitrogens with zero attached hydrogens (tertiary/aromatic N) is 3. The maximum absolute atomic E-state index is 13.6. The lowest BCUT2D eigenvalue weighted by atomic mass is 10.0. The normalized spacial score (nSPS) is 13.6. The Kier molecular flexibility index (Phi) is 8.78. The average Bonchev–Trinajstić information content (AvgIpc) is 2.95. The van der Waals surface area contributed by atoms with Crippen molar-refractivity contribution in [1.82, 2.24) is 4.90 Å². The maximum Gasteiger partial charge on any atom is 0.264 e. The monoisotopic (exact) mass is 511 g/mol. The maximum atomic E-state index is 13.6. The largest absolute Gasteiger partial charge is 0.493 e. The van der Waals surface area contributed by atoms with Crippen molar-refractivity contribution >= 4 is 17.7 Å².